The van der Waals surface area contributed by atoms with Crippen LogP contribution in [0.3, 0.4) is 0 Å². The third-order valence-electron chi connectivity index (χ3n) is 4.92. The van der Waals surface area contributed by atoms with Crippen LogP contribution in [-0.2, 0) is 16.1 Å². The van der Waals surface area contributed by atoms with Crippen LogP contribution in [0.5, 0.6) is 0 Å². The summed E-state index contributed by atoms with van der Waals surface area (Å²) in [4.78, 5) is 46.9. The first kappa shape index (κ1) is 19.7. The molecule has 1 aliphatic rings. The molecule has 1 fully saturated rings. The maximum atomic E-state index is 12.9. The van der Waals surface area contributed by atoms with E-state index in [-0.39, 0.29) is 24.1 Å². The Balaban J connectivity index is 1.56. The lowest BCUT2D eigenvalue weighted by Crippen LogP contribution is -2.27. The number of thiazole rings is 1. The van der Waals surface area contributed by atoms with Crippen molar-refractivity contribution in [2.24, 2.45) is 0 Å². The first-order chi connectivity index (χ1) is 14.0. The number of aryl methyl sites for hydroxylation is 1. The number of carbonyl (C=O) groups excluding carboxylic acids is 2. The lowest BCUT2D eigenvalue weighted by molar-refractivity contribution is -0.116. The van der Waals surface area contributed by atoms with Gasteiger partial charge in [-0.2, -0.15) is 0 Å². The molecule has 1 saturated carbocycles. The number of carbonyl (C=O) groups is 2. The molecular weight excluding hydrogens is 412 g/mol. The number of hydrogen-bond donors (Lipinski definition) is 1. The molecule has 0 radical (unpaired) electrons. The van der Waals surface area contributed by atoms with Gasteiger partial charge in [0.25, 0.3) is 5.56 Å². The number of nitrogens with zero attached hydrogens (tertiary/aromatic N) is 3. The van der Waals surface area contributed by atoms with Crippen molar-refractivity contribution in [1.82, 2.24) is 14.5 Å². The van der Waals surface area contributed by atoms with Gasteiger partial charge >= 0.3 is 5.97 Å². The van der Waals surface area contributed by atoms with Crippen molar-refractivity contribution in [3.8, 4) is 0 Å². The Labute approximate surface area is 174 Å². The molecule has 3 heterocycles. The van der Waals surface area contributed by atoms with Crippen molar-refractivity contribution in [3.05, 3.63) is 38.7 Å². The van der Waals surface area contributed by atoms with E-state index in [0.717, 1.165) is 37.0 Å². The maximum absolute atomic E-state index is 12.9. The third-order valence-corrected chi connectivity index (χ3v) is 6.79. The molecule has 4 rings (SSSR count). The van der Waals surface area contributed by atoms with E-state index >= 15 is 0 Å². The highest BCUT2D eigenvalue weighted by atomic mass is 32.1. The monoisotopic (exact) mass is 432 g/mol. The van der Waals surface area contributed by atoms with E-state index in [2.05, 4.69) is 15.3 Å². The van der Waals surface area contributed by atoms with Crippen molar-refractivity contribution >= 4 is 49.9 Å². The van der Waals surface area contributed by atoms with E-state index in [9.17, 15) is 14.4 Å². The Hall–Kier alpha value is -2.59. The van der Waals surface area contributed by atoms with Crippen LogP contribution >= 0.6 is 22.7 Å². The molecule has 8 nitrogen and oxygen atoms in total. The summed E-state index contributed by atoms with van der Waals surface area (Å²) in [6.07, 6.45) is 7.94. The van der Waals surface area contributed by atoms with Crippen LogP contribution in [0, 0.1) is 6.92 Å². The topological polar surface area (TPSA) is 103 Å². The minimum atomic E-state index is -0.398. The van der Waals surface area contributed by atoms with E-state index in [0.29, 0.717) is 25.8 Å². The number of hydrogen-bond acceptors (Lipinski definition) is 8. The number of amides is 1. The zero-order chi connectivity index (χ0) is 20.4. The summed E-state index contributed by atoms with van der Waals surface area (Å²) < 4.78 is 6.88. The Kier molecular flexibility index (Phi) is 5.72. The Morgan fingerprint density at radius 3 is 2.79 bits per heavy atom. The number of esters is 1. The molecule has 0 spiro atoms. The van der Waals surface area contributed by atoms with Gasteiger partial charge in [0.1, 0.15) is 22.4 Å². The van der Waals surface area contributed by atoms with Crippen molar-refractivity contribution < 1.29 is 14.3 Å². The Morgan fingerprint density at radius 1 is 1.28 bits per heavy atom. The minimum Gasteiger partial charge on any atom is -0.458 e. The summed E-state index contributed by atoms with van der Waals surface area (Å²) >= 11 is 2.45. The molecular formula is C19H20N4O4S2. The van der Waals surface area contributed by atoms with Gasteiger partial charge < -0.3 is 10.1 Å². The summed E-state index contributed by atoms with van der Waals surface area (Å²) in [5, 5.41) is 5.21. The summed E-state index contributed by atoms with van der Waals surface area (Å²) in [5.74, 6) is -0.766. The largest absolute Gasteiger partial charge is 0.458 e. The fraction of sp³-hybridized carbons (Fsp3) is 0.421. The highest BCUT2D eigenvalue weighted by Crippen LogP contribution is 2.29. The number of aromatic nitrogens is 3. The van der Waals surface area contributed by atoms with Gasteiger partial charge in [-0.3, -0.25) is 14.2 Å². The van der Waals surface area contributed by atoms with Crippen LogP contribution in [-0.4, -0.2) is 32.5 Å². The summed E-state index contributed by atoms with van der Waals surface area (Å²) in [6.45, 7) is 1.54. The third kappa shape index (κ3) is 4.23. The van der Waals surface area contributed by atoms with Crippen LogP contribution in [0.25, 0.3) is 10.2 Å². The lowest BCUT2D eigenvalue weighted by Gasteiger charge is -2.21. The van der Waals surface area contributed by atoms with E-state index < -0.39 is 5.97 Å². The zero-order valence-electron chi connectivity index (χ0n) is 15.8. The normalized spacial score (nSPS) is 14.8. The first-order valence-electron chi connectivity index (χ1n) is 9.42. The van der Waals surface area contributed by atoms with Gasteiger partial charge in [-0.15, -0.1) is 22.7 Å². The summed E-state index contributed by atoms with van der Waals surface area (Å²) in [5.41, 5.74) is 0.202. The molecule has 1 N–H and O–H groups in total. The standard InChI is InChI=1S/C19H20N4O4S2/c1-11-14-16(29-15(11)18(26)27-12-5-3-2-4-6-12)21-10-23(17(14)25)9-13(24)22-19-20-7-8-28-19/h7-8,10,12H,2-6,9H2,1H3,(H,20,22,24). The van der Waals surface area contributed by atoms with Crippen LogP contribution in [0.2, 0.25) is 0 Å². The molecule has 0 unspecified atom stereocenters. The second kappa shape index (κ2) is 8.42. The van der Waals surface area contributed by atoms with Crippen molar-refractivity contribution in [2.75, 3.05) is 5.32 Å². The van der Waals surface area contributed by atoms with Crippen LogP contribution in [0.15, 0.2) is 22.7 Å². The van der Waals surface area contributed by atoms with Crippen molar-refractivity contribution in [1.29, 1.82) is 0 Å². The maximum Gasteiger partial charge on any atom is 0.348 e. The van der Waals surface area contributed by atoms with E-state index in [1.807, 2.05) is 0 Å². The molecule has 0 atom stereocenters. The quantitative estimate of drug-likeness (QED) is 0.620. The van der Waals surface area contributed by atoms with Crippen molar-refractivity contribution in [3.63, 3.8) is 0 Å². The van der Waals surface area contributed by atoms with Crippen LogP contribution < -0.4 is 10.9 Å². The first-order valence-corrected chi connectivity index (χ1v) is 11.1. The molecule has 0 saturated heterocycles. The highest BCUT2D eigenvalue weighted by Gasteiger charge is 2.24. The van der Waals surface area contributed by atoms with E-state index in [4.69, 9.17) is 4.74 Å². The van der Waals surface area contributed by atoms with Crippen LogP contribution in [0.4, 0.5) is 5.13 Å². The predicted octanol–water partition coefficient (Wildman–Crippen LogP) is 3.35. The van der Waals surface area contributed by atoms with Gasteiger partial charge in [0.15, 0.2) is 5.13 Å². The molecule has 29 heavy (non-hydrogen) atoms. The van der Waals surface area contributed by atoms with Gasteiger partial charge in [0, 0.05) is 11.6 Å². The molecule has 152 valence electrons. The SMILES string of the molecule is Cc1c(C(=O)OC2CCCCC2)sc2ncn(CC(=O)Nc3nccs3)c(=O)c12. The average Bonchev–Trinajstić information content (AvgIpc) is 3.33. The number of anilines is 1. The predicted molar refractivity (Wildman–Crippen MR) is 112 cm³/mol. The van der Waals surface area contributed by atoms with Gasteiger partial charge in [0.2, 0.25) is 5.91 Å². The minimum absolute atomic E-state index is 0.0555. The molecule has 3 aromatic rings. The molecule has 3 aromatic heterocycles. The van der Waals surface area contributed by atoms with Gasteiger partial charge in [0.05, 0.1) is 11.7 Å². The Bertz CT molecular complexity index is 1100. The number of nitrogens with one attached hydrogen (secondary N) is 1. The second-order valence-electron chi connectivity index (χ2n) is 6.96. The highest BCUT2D eigenvalue weighted by molar-refractivity contribution is 7.20. The van der Waals surface area contributed by atoms with Gasteiger partial charge in [-0.25, -0.2) is 14.8 Å². The van der Waals surface area contributed by atoms with E-state index in [1.54, 1.807) is 18.5 Å². The number of fused-ring (bicyclic) bond motifs is 1. The van der Waals surface area contributed by atoms with Gasteiger partial charge in [-0.05, 0) is 38.2 Å². The van der Waals surface area contributed by atoms with Crippen molar-refractivity contribution in [2.45, 2.75) is 51.7 Å². The zero-order valence-corrected chi connectivity index (χ0v) is 17.5. The summed E-state index contributed by atoms with van der Waals surface area (Å²) in [6, 6.07) is 0. The molecule has 0 aliphatic heterocycles. The van der Waals surface area contributed by atoms with Crippen LogP contribution in [0.1, 0.15) is 47.3 Å². The smallest absolute Gasteiger partial charge is 0.348 e. The summed E-state index contributed by atoms with van der Waals surface area (Å²) in [7, 11) is 0. The number of rotatable bonds is 5. The Morgan fingerprint density at radius 2 is 2.07 bits per heavy atom. The fourth-order valence-electron chi connectivity index (χ4n) is 3.45. The number of thiophene rings is 1. The second-order valence-corrected chi connectivity index (χ2v) is 8.86. The lowest BCUT2D eigenvalue weighted by atomic mass is 9.98. The number of ether oxygens (including phenoxy) is 1. The molecule has 0 bridgehead atoms. The molecule has 1 aliphatic carbocycles. The van der Waals surface area contributed by atoms with Gasteiger partial charge in [-0.1, -0.05) is 6.42 Å². The molecule has 10 heteroatoms. The molecule has 1 amide bonds. The average molecular weight is 433 g/mol. The fourth-order valence-corrected chi connectivity index (χ4v) is 5.02. The molecule has 0 aromatic carbocycles. The van der Waals surface area contributed by atoms with E-state index in [1.165, 1.54) is 28.7 Å².